The quantitative estimate of drug-likeness (QED) is 0.789. The first-order valence-electron chi connectivity index (χ1n) is 6.50. The van der Waals surface area contributed by atoms with E-state index in [1.165, 1.54) is 19.1 Å². The van der Waals surface area contributed by atoms with E-state index in [1.54, 1.807) is 24.1 Å². The summed E-state index contributed by atoms with van der Waals surface area (Å²) in [5.74, 6) is -2.14. The maximum atomic E-state index is 14.1. The number of hydrazine groups is 1. The van der Waals surface area contributed by atoms with Gasteiger partial charge in [-0.05, 0) is 19.1 Å². The van der Waals surface area contributed by atoms with Crippen molar-refractivity contribution in [2.75, 3.05) is 5.75 Å². The molecule has 0 aliphatic carbocycles. The molecule has 124 valence electrons. The molecule has 2 aromatic rings. The number of halogens is 2. The second-order valence-electron chi connectivity index (χ2n) is 4.70. The van der Waals surface area contributed by atoms with Crippen molar-refractivity contribution in [1.82, 2.24) is 19.8 Å². The van der Waals surface area contributed by atoms with E-state index in [2.05, 4.69) is 4.98 Å². The molecule has 0 saturated carbocycles. The van der Waals surface area contributed by atoms with Crippen LogP contribution in [0.3, 0.4) is 0 Å². The zero-order valence-electron chi connectivity index (χ0n) is 12.3. The topological polar surface area (TPSA) is 93.1 Å². The van der Waals surface area contributed by atoms with Gasteiger partial charge in [-0.2, -0.15) is 0 Å². The van der Waals surface area contributed by atoms with Crippen LogP contribution in [0, 0.1) is 5.82 Å². The van der Waals surface area contributed by atoms with Crippen LogP contribution in [-0.2, 0) is 17.1 Å². The minimum Gasteiger partial charge on any atom is -0.340 e. The zero-order valence-corrected chi connectivity index (χ0v) is 13.9. The summed E-state index contributed by atoms with van der Waals surface area (Å²) in [4.78, 5) is 18.0. The maximum absolute atomic E-state index is 14.1. The molecule has 0 saturated heterocycles. The van der Waals surface area contributed by atoms with Crippen molar-refractivity contribution >= 4 is 27.5 Å². The standard InChI is InChI=1S/C13H14ClFN4O3S/c1-3-23(21,22)18-17-13(20)9-4-8(5-10(14)12(9)15)11-6-19(2)7-16-11/h4-7,18H,3H2,1-2H3,(H,17,20). The molecule has 1 heterocycles. The molecule has 0 radical (unpaired) electrons. The van der Waals surface area contributed by atoms with Crippen LogP contribution in [0.15, 0.2) is 24.7 Å². The molecule has 1 aromatic heterocycles. The Morgan fingerprint density at radius 1 is 1.43 bits per heavy atom. The summed E-state index contributed by atoms with van der Waals surface area (Å²) in [5.41, 5.74) is 2.48. The second kappa shape index (κ2) is 6.65. The first-order valence-corrected chi connectivity index (χ1v) is 8.53. The minimum absolute atomic E-state index is 0.232. The van der Waals surface area contributed by atoms with Crippen LogP contribution in [0.5, 0.6) is 0 Å². The van der Waals surface area contributed by atoms with E-state index in [-0.39, 0.29) is 10.8 Å². The maximum Gasteiger partial charge on any atom is 0.269 e. The van der Waals surface area contributed by atoms with Crippen LogP contribution >= 0.6 is 11.6 Å². The van der Waals surface area contributed by atoms with Gasteiger partial charge in [0.05, 0.1) is 28.4 Å². The van der Waals surface area contributed by atoms with Crippen molar-refractivity contribution in [3.63, 3.8) is 0 Å². The number of aryl methyl sites for hydroxylation is 1. The summed E-state index contributed by atoms with van der Waals surface area (Å²) >= 11 is 5.81. The fourth-order valence-electron chi connectivity index (χ4n) is 1.73. The van der Waals surface area contributed by atoms with Crippen LogP contribution in [0.1, 0.15) is 17.3 Å². The smallest absolute Gasteiger partial charge is 0.269 e. The molecule has 0 unspecified atom stereocenters. The SMILES string of the molecule is CCS(=O)(=O)NNC(=O)c1cc(-c2cn(C)cn2)cc(Cl)c1F. The first kappa shape index (κ1) is 17.4. The first-order chi connectivity index (χ1) is 10.7. The summed E-state index contributed by atoms with van der Waals surface area (Å²) < 4.78 is 38.4. The largest absolute Gasteiger partial charge is 0.340 e. The monoisotopic (exact) mass is 360 g/mol. The predicted molar refractivity (Wildman–Crippen MR) is 83.7 cm³/mol. The number of benzene rings is 1. The second-order valence-corrected chi connectivity index (χ2v) is 7.12. The molecular formula is C13H14ClFN4O3S. The summed E-state index contributed by atoms with van der Waals surface area (Å²) in [6.07, 6.45) is 3.22. The Balaban J connectivity index is 2.34. The number of hydrogen-bond donors (Lipinski definition) is 2. The van der Waals surface area contributed by atoms with Crippen LogP contribution in [0.25, 0.3) is 11.3 Å². The van der Waals surface area contributed by atoms with Gasteiger partial charge in [0.15, 0.2) is 5.82 Å². The Morgan fingerprint density at radius 2 is 2.13 bits per heavy atom. The average Bonchev–Trinajstić information content (AvgIpc) is 2.94. The molecular weight excluding hydrogens is 347 g/mol. The van der Waals surface area contributed by atoms with Crippen LogP contribution in [0.2, 0.25) is 5.02 Å². The van der Waals surface area contributed by atoms with Crippen LogP contribution in [-0.4, -0.2) is 29.6 Å². The zero-order chi connectivity index (χ0) is 17.2. The fourth-order valence-corrected chi connectivity index (χ4v) is 2.34. The molecule has 1 amide bonds. The summed E-state index contributed by atoms with van der Waals surface area (Å²) in [5, 5.41) is -0.267. The number of rotatable bonds is 5. The summed E-state index contributed by atoms with van der Waals surface area (Å²) in [6, 6.07) is 2.59. The van der Waals surface area contributed by atoms with E-state index in [9.17, 15) is 17.6 Å². The number of imidazole rings is 1. The van der Waals surface area contributed by atoms with Gasteiger partial charge in [0, 0.05) is 18.8 Å². The average molecular weight is 361 g/mol. The lowest BCUT2D eigenvalue weighted by Crippen LogP contribution is -2.42. The number of carbonyl (C=O) groups excluding carboxylic acids is 1. The Morgan fingerprint density at radius 3 is 2.70 bits per heavy atom. The highest BCUT2D eigenvalue weighted by atomic mass is 35.5. The summed E-state index contributed by atoms with van der Waals surface area (Å²) in [6.45, 7) is 1.40. The van der Waals surface area contributed by atoms with Gasteiger partial charge in [0.1, 0.15) is 0 Å². The number of amides is 1. The minimum atomic E-state index is -3.66. The van der Waals surface area contributed by atoms with E-state index in [1.807, 2.05) is 10.3 Å². The molecule has 0 bridgehead atoms. The van der Waals surface area contributed by atoms with E-state index in [4.69, 9.17) is 11.6 Å². The number of sulfonamides is 1. The molecule has 0 aliphatic heterocycles. The Labute approximate surface area is 137 Å². The molecule has 2 rings (SSSR count). The van der Waals surface area contributed by atoms with Crippen molar-refractivity contribution in [2.45, 2.75) is 6.92 Å². The molecule has 0 aliphatic rings. The van der Waals surface area contributed by atoms with E-state index in [0.29, 0.717) is 11.3 Å². The van der Waals surface area contributed by atoms with Gasteiger partial charge in [-0.25, -0.2) is 17.8 Å². The third-order valence-corrected chi connectivity index (χ3v) is 4.42. The molecule has 0 fully saturated rings. The highest BCUT2D eigenvalue weighted by Gasteiger charge is 2.19. The van der Waals surface area contributed by atoms with Gasteiger partial charge < -0.3 is 4.57 Å². The Bertz CT molecular complexity index is 851. The van der Waals surface area contributed by atoms with Crippen LogP contribution < -0.4 is 10.3 Å². The highest BCUT2D eigenvalue weighted by Crippen LogP contribution is 2.26. The number of carbonyl (C=O) groups is 1. The molecule has 0 spiro atoms. The highest BCUT2D eigenvalue weighted by molar-refractivity contribution is 7.89. The predicted octanol–water partition coefficient (Wildman–Crippen LogP) is 1.46. The summed E-state index contributed by atoms with van der Waals surface area (Å²) in [7, 11) is -1.90. The van der Waals surface area contributed by atoms with Gasteiger partial charge in [-0.15, -0.1) is 4.83 Å². The Kier molecular flexibility index (Phi) is 5.03. The van der Waals surface area contributed by atoms with Crippen molar-refractivity contribution in [3.05, 3.63) is 41.1 Å². The van der Waals surface area contributed by atoms with Gasteiger partial charge >= 0.3 is 0 Å². The molecule has 1 aromatic carbocycles. The molecule has 10 heteroatoms. The van der Waals surface area contributed by atoms with Gasteiger partial charge in [-0.1, -0.05) is 11.6 Å². The van der Waals surface area contributed by atoms with Gasteiger partial charge in [-0.3, -0.25) is 10.2 Å². The normalized spacial score (nSPS) is 11.5. The van der Waals surface area contributed by atoms with Crippen molar-refractivity contribution < 1.29 is 17.6 Å². The van der Waals surface area contributed by atoms with Gasteiger partial charge in [0.2, 0.25) is 10.0 Å². The third kappa shape index (κ3) is 4.06. The molecule has 7 nitrogen and oxygen atoms in total. The van der Waals surface area contributed by atoms with Crippen molar-refractivity contribution in [2.24, 2.45) is 7.05 Å². The number of nitrogens with zero attached hydrogens (tertiary/aromatic N) is 2. The lowest BCUT2D eigenvalue weighted by Gasteiger charge is -2.09. The van der Waals surface area contributed by atoms with Crippen molar-refractivity contribution in [1.29, 1.82) is 0 Å². The van der Waals surface area contributed by atoms with Gasteiger partial charge in [0.25, 0.3) is 5.91 Å². The molecule has 0 atom stereocenters. The van der Waals surface area contributed by atoms with Crippen LogP contribution in [0.4, 0.5) is 4.39 Å². The number of nitrogens with one attached hydrogen (secondary N) is 2. The number of hydrogen-bond acceptors (Lipinski definition) is 4. The molecule has 2 N–H and O–H groups in total. The van der Waals surface area contributed by atoms with Crippen molar-refractivity contribution in [3.8, 4) is 11.3 Å². The third-order valence-electron chi connectivity index (χ3n) is 2.97. The number of aromatic nitrogens is 2. The fraction of sp³-hybridized carbons (Fsp3) is 0.231. The Hall–Kier alpha value is -1.97. The van der Waals surface area contributed by atoms with E-state index in [0.717, 1.165) is 0 Å². The molecule has 23 heavy (non-hydrogen) atoms. The van der Waals surface area contributed by atoms with E-state index >= 15 is 0 Å². The lowest BCUT2D eigenvalue weighted by atomic mass is 10.1. The lowest BCUT2D eigenvalue weighted by molar-refractivity contribution is 0.0941. The van der Waals surface area contributed by atoms with E-state index < -0.39 is 27.3 Å².